The standard InChI is InChI=1S/C21H32BBr2N3O5/c1-15(2)12-19(22-31-10-3-6-27(7-9-28)8-11-32-22)26-20(29)14-25-21(30)17-13-16(23)4-5-18(17)24/h4-5,13,15,19,28H,3,6-12,14H2,1-2H3,(H,25,30)(H,26,29)/t19-/m0/s1. The molecule has 0 spiro atoms. The van der Waals surface area contributed by atoms with Crippen LogP contribution < -0.4 is 10.6 Å². The van der Waals surface area contributed by atoms with Gasteiger partial charge in [-0.1, -0.05) is 29.8 Å². The van der Waals surface area contributed by atoms with Crippen molar-refractivity contribution in [3.63, 3.8) is 0 Å². The average molecular weight is 577 g/mol. The van der Waals surface area contributed by atoms with E-state index in [-0.39, 0.29) is 30.9 Å². The Labute approximate surface area is 207 Å². The molecule has 2 amide bonds. The number of rotatable bonds is 9. The minimum atomic E-state index is -0.564. The average Bonchev–Trinajstić information content (AvgIpc) is 2.85. The normalized spacial score (nSPS) is 16.8. The number of hydrogen-bond donors (Lipinski definition) is 3. The van der Waals surface area contributed by atoms with Crippen LogP contribution in [0.1, 0.15) is 37.0 Å². The number of nitrogens with one attached hydrogen (secondary N) is 2. The first kappa shape index (κ1) is 27.3. The predicted octanol–water partition coefficient (Wildman–Crippen LogP) is 2.23. The van der Waals surface area contributed by atoms with Crippen molar-refractivity contribution >= 4 is 50.8 Å². The Bertz CT molecular complexity index is 756. The summed E-state index contributed by atoms with van der Waals surface area (Å²) in [4.78, 5) is 27.2. The van der Waals surface area contributed by atoms with Crippen LogP contribution in [0.5, 0.6) is 0 Å². The number of β-amino-alcohol motifs (C(OH)–C–C–N with tert-alkyl or cyclic N) is 1. The van der Waals surface area contributed by atoms with E-state index >= 15 is 0 Å². The van der Waals surface area contributed by atoms with Gasteiger partial charge in [0.15, 0.2) is 0 Å². The second-order valence-corrected chi connectivity index (χ2v) is 9.91. The molecule has 1 heterocycles. The van der Waals surface area contributed by atoms with E-state index in [0.29, 0.717) is 48.7 Å². The zero-order valence-electron chi connectivity index (χ0n) is 18.6. The molecule has 32 heavy (non-hydrogen) atoms. The third-order valence-electron chi connectivity index (χ3n) is 4.99. The number of benzene rings is 1. The number of carbonyl (C=O) groups excluding carboxylic acids is 2. The lowest BCUT2D eigenvalue weighted by molar-refractivity contribution is -0.120. The quantitative estimate of drug-likeness (QED) is 0.390. The van der Waals surface area contributed by atoms with Gasteiger partial charge in [0, 0.05) is 41.8 Å². The van der Waals surface area contributed by atoms with Crippen LogP contribution in [0.15, 0.2) is 27.1 Å². The Morgan fingerprint density at radius 3 is 2.69 bits per heavy atom. The molecule has 1 aromatic carbocycles. The van der Waals surface area contributed by atoms with Crippen molar-refractivity contribution in [1.82, 2.24) is 15.5 Å². The molecule has 0 saturated carbocycles. The Morgan fingerprint density at radius 1 is 1.22 bits per heavy atom. The zero-order valence-corrected chi connectivity index (χ0v) is 21.8. The van der Waals surface area contributed by atoms with E-state index in [1.54, 1.807) is 12.1 Å². The van der Waals surface area contributed by atoms with Crippen LogP contribution in [0, 0.1) is 5.92 Å². The zero-order chi connectivity index (χ0) is 23.5. The summed E-state index contributed by atoms with van der Waals surface area (Å²) >= 11 is 6.71. The van der Waals surface area contributed by atoms with Gasteiger partial charge in [0.25, 0.3) is 5.91 Å². The molecule has 1 saturated heterocycles. The van der Waals surface area contributed by atoms with Crippen molar-refractivity contribution in [2.24, 2.45) is 5.92 Å². The maximum atomic E-state index is 12.6. The van der Waals surface area contributed by atoms with Gasteiger partial charge in [0.1, 0.15) is 0 Å². The molecule has 3 N–H and O–H groups in total. The molecule has 0 bridgehead atoms. The topological polar surface area (TPSA) is 100 Å². The Balaban J connectivity index is 1.94. The van der Waals surface area contributed by atoms with Gasteiger partial charge in [-0.05, 0) is 52.9 Å². The summed E-state index contributed by atoms with van der Waals surface area (Å²) < 4.78 is 13.3. The van der Waals surface area contributed by atoms with E-state index in [9.17, 15) is 14.7 Å². The van der Waals surface area contributed by atoms with Crippen LogP contribution in [0.3, 0.4) is 0 Å². The van der Waals surface area contributed by atoms with Gasteiger partial charge < -0.3 is 25.0 Å². The molecule has 178 valence electrons. The van der Waals surface area contributed by atoms with Crippen molar-refractivity contribution in [2.45, 2.75) is 32.6 Å². The van der Waals surface area contributed by atoms with Crippen LogP contribution in [-0.4, -0.2) is 80.9 Å². The SMILES string of the molecule is CC(C)C[C@H](NC(=O)CNC(=O)c1cc(Br)ccc1Br)B1OCCCN(CCO)CCO1. The fourth-order valence-electron chi connectivity index (χ4n) is 3.47. The third kappa shape index (κ3) is 9.48. The summed E-state index contributed by atoms with van der Waals surface area (Å²) in [6.45, 7) is 7.19. The largest absolute Gasteiger partial charge is 0.480 e. The molecule has 11 heteroatoms. The highest BCUT2D eigenvalue weighted by Crippen LogP contribution is 2.21. The van der Waals surface area contributed by atoms with Gasteiger partial charge in [0.05, 0.1) is 24.7 Å². The molecule has 8 nitrogen and oxygen atoms in total. The third-order valence-corrected chi connectivity index (χ3v) is 6.17. The smallest absolute Gasteiger partial charge is 0.410 e. The second-order valence-electron chi connectivity index (χ2n) is 8.14. The van der Waals surface area contributed by atoms with Gasteiger partial charge in [-0.25, -0.2) is 0 Å². The monoisotopic (exact) mass is 575 g/mol. The number of halogens is 2. The molecule has 2 rings (SSSR count). The summed E-state index contributed by atoms with van der Waals surface area (Å²) in [5.74, 6) is -0.656. The van der Waals surface area contributed by atoms with Crippen molar-refractivity contribution in [2.75, 3.05) is 46.0 Å². The Kier molecular flexibility index (Phi) is 12.2. The molecule has 0 aliphatic carbocycles. The van der Waals surface area contributed by atoms with E-state index in [2.05, 4.69) is 61.2 Å². The van der Waals surface area contributed by atoms with Crippen molar-refractivity contribution in [3.05, 3.63) is 32.7 Å². The first-order valence-electron chi connectivity index (χ1n) is 10.9. The Morgan fingerprint density at radius 2 is 1.97 bits per heavy atom. The molecule has 0 aromatic heterocycles. The van der Waals surface area contributed by atoms with Crippen LogP contribution in [0.25, 0.3) is 0 Å². The maximum Gasteiger partial charge on any atom is 0.480 e. The molecule has 1 aliphatic rings. The molecule has 1 aliphatic heterocycles. The first-order valence-corrected chi connectivity index (χ1v) is 12.5. The van der Waals surface area contributed by atoms with E-state index in [0.717, 1.165) is 17.4 Å². The molecule has 1 fully saturated rings. The Hall–Kier alpha value is -0.975. The van der Waals surface area contributed by atoms with E-state index in [1.807, 2.05) is 6.07 Å². The lowest BCUT2D eigenvalue weighted by Gasteiger charge is -2.26. The van der Waals surface area contributed by atoms with Gasteiger partial charge >= 0.3 is 7.12 Å². The summed E-state index contributed by atoms with van der Waals surface area (Å²) in [5.41, 5.74) is 0.446. The minimum Gasteiger partial charge on any atom is -0.410 e. The lowest BCUT2D eigenvalue weighted by Crippen LogP contribution is -2.52. The summed E-state index contributed by atoms with van der Waals surface area (Å²) in [5, 5.41) is 14.8. The minimum absolute atomic E-state index is 0.110. The summed E-state index contributed by atoms with van der Waals surface area (Å²) in [6, 6.07) is 5.29. The van der Waals surface area contributed by atoms with E-state index in [1.165, 1.54) is 0 Å². The molecular weight excluding hydrogens is 545 g/mol. The number of amides is 2. The van der Waals surface area contributed by atoms with Crippen molar-refractivity contribution < 1.29 is 24.0 Å². The number of carbonyl (C=O) groups is 2. The molecule has 1 atom stereocenters. The number of nitrogens with zero attached hydrogens (tertiary/aromatic N) is 1. The summed E-state index contributed by atoms with van der Waals surface area (Å²) in [7, 11) is -0.564. The molecule has 1 aromatic rings. The van der Waals surface area contributed by atoms with E-state index < -0.39 is 7.12 Å². The van der Waals surface area contributed by atoms with Crippen molar-refractivity contribution in [3.8, 4) is 0 Å². The van der Waals surface area contributed by atoms with Crippen LogP contribution >= 0.6 is 31.9 Å². The van der Waals surface area contributed by atoms with Crippen LogP contribution in [0.4, 0.5) is 0 Å². The number of aliphatic hydroxyl groups excluding tert-OH is 1. The van der Waals surface area contributed by atoms with Gasteiger partial charge in [0.2, 0.25) is 5.91 Å². The maximum absolute atomic E-state index is 12.6. The highest BCUT2D eigenvalue weighted by Gasteiger charge is 2.33. The molecule has 0 radical (unpaired) electrons. The first-order chi connectivity index (χ1) is 15.3. The lowest BCUT2D eigenvalue weighted by atomic mass is 9.73. The van der Waals surface area contributed by atoms with Crippen LogP contribution in [0.2, 0.25) is 0 Å². The fourth-order valence-corrected chi connectivity index (χ4v) is 4.26. The second kappa shape index (κ2) is 14.3. The van der Waals surface area contributed by atoms with Gasteiger partial charge in [-0.2, -0.15) is 0 Å². The molecular formula is C21H32BBr2N3O5. The highest BCUT2D eigenvalue weighted by atomic mass is 79.9. The van der Waals surface area contributed by atoms with Gasteiger partial charge in [-0.3, -0.25) is 14.5 Å². The number of aliphatic hydroxyl groups is 1. The molecule has 0 unspecified atom stereocenters. The highest BCUT2D eigenvalue weighted by molar-refractivity contribution is 9.11. The van der Waals surface area contributed by atoms with Crippen molar-refractivity contribution in [1.29, 1.82) is 0 Å². The fraction of sp³-hybridized carbons (Fsp3) is 0.619. The predicted molar refractivity (Wildman–Crippen MR) is 131 cm³/mol. The summed E-state index contributed by atoms with van der Waals surface area (Å²) in [6.07, 6.45) is 1.50. The van der Waals surface area contributed by atoms with Crippen LogP contribution in [-0.2, 0) is 14.1 Å². The van der Waals surface area contributed by atoms with E-state index in [4.69, 9.17) is 9.31 Å². The number of hydrogen-bond acceptors (Lipinski definition) is 6. The van der Waals surface area contributed by atoms with Gasteiger partial charge in [-0.15, -0.1) is 0 Å².